The summed E-state index contributed by atoms with van der Waals surface area (Å²) in [6.07, 6.45) is -0.531. The van der Waals surface area contributed by atoms with Crippen molar-refractivity contribution in [2.24, 2.45) is 0 Å². The number of ether oxygens (including phenoxy) is 3. The maximum absolute atomic E-state index is 12.9. The number of nitrogens with one attached hydrogen (secondary N) is 2. The van der Waals surface area contributed by atoms with Crippen molar-refractivity contribution in [3.63, 3.8) is 0 Å². The number of carbonyl (C=O) groups is 2. The third-order valence-electron chi connectivity index (χ3n) is 4.34. The van der Waals surface area contributed by atoms with Gasteiger partial charge in [0.25, 0.3) is 5.91 Å². The summed E-state index contributed by atoms with van der Waals surface area (Å²) < 4.78 is 15.8. The fourth-order valence-electron chi connectivity index (χ4n) is 2.86. The lowest BCUT2D eigenvalue weighted by Crippen LogP contribution is -2.33. The normalized spacial score (nSPS) is 11.9. The summed E-state index contributed by atoms with van der Waals surface area (Å²) in [5, 5.41) is 5.68. The minimum atomic E-state index is -0.587. The van der Waals surface area contributed by atoms with Gasteiger partial charge in [0, 0.05) is 12.1 Å². The van der Waals surface area contributed by atoms with Crippen molar-refractivity contribution >= 4 is 12.0 Å². The molecule has 0 heterocycles. The molecule has 0 aliphatic carbocycles. The number of rotatable bonds is 7. The molecule has 162 valence electrons. The van der Waals surface area contributed by atoms with E-state index in [4.69, 9.17) is 14.2 Å². The molecule has 0 bridgehead atoms. The Hall–Kier alpha value is -3.22. The van der Waals surface area contributed by atoms with Crippen LogP contribution in [0, 0.1) is 0 Å². The first-order valence-corrected chi connectivity index (χ1v) is 9.72. The van der Waals surface area contributed by atoms with Gasteiger partial charge in [-0.2, -0.15) is 0 Å². The molecule has 2 aromatic carbocycles. The lowest BCUT2D eigenvalue weighted by atomic mass is 10.0. The first-order chi connectivity index (χ1) is 14.1. The third-order valence-corrected chi connectivity index (χ3v) is 4.34. The quantitative estimate of drug-likeness (QED) is 0.708. The molecule has 2 N–H and O–H groups in total. The summed E-state index contributed by atoms with van der Waals surface area (Å²) in [5.74, 6) is 0.982. The molecule has 0 saturated heterocycles. The van der Waals surface area contributed by atoms with E-state index in [2.05, 4.69) is 10.6 Å². The zero-order valence-corrected chi connectivity index (χ0v) is 18.4. The van der Waals surface area contributed by atoms with Gasteiger partial charge >= 0.3 is 6.09 Å². The van der Waals surface area contributed by atoms with Gasteiger partial charge < -0.3 is 24.8 Å². The summed E-state index contributed by atoms with van der Waals surface area (Å²) in [5.41, 5.74) is 1.47. The Labute approximate surface area is 177 Å². The number of methoxy groups -OCH3 is 2. The predicted octanol–water partition coefficient (Wildman–Crippen LogP) is 4.22. The maximum atomic E-state index is 12.9. The van der Waals surface area contributed by atoms with Crippen LogP contribution in [0.2, 0.25) is 0 Å². The molecule has 0 spiro atoms. The van der Waals surface area contributed by atoms with E-state index in [1.165, 1.54) is 0 Å². The van der Waals surface area contributed by atoms with E-state index in [1.54, 1.807) is 59.3 Å². The Morgan fingerprint density at radius 1 is 1.00 bits per heavy atom. The molecule has 0 radical (unpaired) electrons. The summed E-state index contributed by atoms with van der Waals surface area (Å²) in [4.78, 5) is 24.8. The van der Waals surface area contributed by atoms with E-state index in [-0.39, 0.29) is 18.5 Å². The van der Waals surface area contributed by atoms with Crippen molar-refractivity contribution in [1.29, 1.82) is 0 Å². The number of carbonyl (C=O) groups excluding carboxylic acids is 2. The first kappa shape index (κ1) is 23.1. The molecule has 0 aromatic heterocycles. The number of alkyl carbamates (subject to hydrolysis) is 1. The average Bonchev–Trinajstić information content (AvgIpc) is 2.70. The molecule has 2 amide bonds. The zero-order valence-electron chi connectivity index (χ0n) is 18.4. The molecular formula is C23H30N2O5. The average molecular weight is 415 g/mol. The van der Waals surface area contributed by atoms with Gasteiger partial charge in [-0.05, 0) is 57.0 Å². The molecule has 7 heteroatoms. The van der Waals surface area contributed by atoms with Gasteiger partial charge in [-0.25, -0.2) is 4.79 Å². The molecule has 2 aromatic rings. The molecule has 0 aliphatic heterocycles. The van der Waals surface area contributed by atoms with E-state index in [1.807, 2.05) is 25.1 Å². The van der Waals surface area contributed by atoms with Gasteiger partial charge in [0.05, 0.1) is 20.3 Å². The fourth-order valence-corrected chi connectivity index (χ4v) is 2.86. The largest absolute Gasteiger partial charge is 0.493 e. The van der Waals surface area contributed by atoms with Crippen LogP contribution in [0.4, 0.5) is 4.79 Å². The van der Waals surface area contributed by atoms with Gasteiger partial charge in [-0.3, -0.25) is 4.79 Å². The van der Waals surface area contributed by atoms with Crippen LogP contribution in [0.5, 0.6) is 11.5 Å². The Morgan fingerprint density at radius 2 is 1.67 bits per heavy atom. The Kier molecular flexibility index (Phi) is 7.69. The molecule has 0 fully saturated rings. The highest BCUT2D eigenvalue weighted by Gasteiger charge is 2.18. The Morgan fingerprint density at radius 3 is 2.30 bits per heavy atom. The van der Waals surface area contributed by atoms with Crippen LogP contribution in [-0.2, 0) is 11.3 Å². The van der Waals surface area contributed by atoms with E-state index < -0.39 is 11.7 Å². The fraction of sp³-hybridized carbons (Fsp3) is 0.391. The lowest BCUT2D eigenvalue weighted by Gasteiger charge is -2.20. The summed E-state index contributed by atoms with van der Waals surface area (Å²) in [6.45, 7) is 7.46. The molecule has 2 rings (SSSR count). The van der Waals surface area contributed by atoms with Gasteiger partial charge in [0.2, 0.25) is 0 Å². The van der Waals surface area contributed by atoms with Crippen molar-refractivity contribution in [1.82, 2.24) is 10.6 Å². The minimum absolute atomic E-state index is 0.184. The summed E-state index contributed by atoms with van der Waals surface area (Å²) in [6, 6.07) is 12.4. The molecule has 1 atom stereocenters. The number of benzene rings is 2. The van der Waals surface area contributed by atoms with Crippen molar-refractivity contribution in [3.8, 4) is 11.5 Å². The number of hydrogen-bond donors (Lipinski definition) is 2. The Bertz CT molecular complexity index is 889. The molecule has 0 saturated carbocycles. The topological polar surface area (TPSA) is 85.9 Å². The highest BCUT2D eigenvalue weighted by atomic mass is 16.6. The molecule has 1 unspecified atom stereocenters. The second-order valence-corrected chi connectivity index (χ2v) is 7.82. The van der Waals surface area contributed by atoms with Gasteiger partial charge in [0.15, 0.2) is 11.5 Å². The summed E-state index contributed by atoms with van der Waals surface area (Å²) >= 11 is 0. The van der Waals surface area contributed by atoms with Crippen LogP contribution >= 0.6 is 0 Å². The van der Waals surface area contributed by atoms with E-state index >= 15 is 0 Å². The van der Waals surface area contributed by atoms with Crippen LogP contribution in [0.3, 0.4) is 0 Å². The highest BCUT2D eigenvalue weighted by Crippen LogP contribution is 2.30. The molecule has 0 aliphatic rings. The smallest absolute Gasteiger partial charge is 0.407 e. The monoisotopic (exact) mass is 414 g/mol. The number of amides is 2. The summed E-state index contributed by atoms with van der Waals surface area (Å²) in [7, 11) is 3.14. The SMILES string of the molecule is COc1ccc(C(C)NC(=O)c2ccccc2CNC(=O)OC(C)(C)C)cc1OC. The molecule has 30 heavy (non-hydrogen) atoms. The standard InChI is InChI=1S/C23H30N2O5/c1-15(16-11-12-19(28-5)20(13-16)29-6)25-21(26)18-10-8-7-9-17(18)14-24-22(27)30-23(2,3)4/h7-13,15H,14H2,1-6H3,(H,24,27)(H,25,26). The lowest BCUT2D eigenvalue weighted by molar-refractivity contribution is 0.0522. The van der Waals surface area contributed by atoms with E-state index in [0.29, 0.717) is 22.6 Å². The number of hydrogen-bond acceptors (Lipinski definition) is 5. The van der Waals surface area contributed by atoms with Gasteiger partial charge in [-0.15, -0.1) is 0 Å². The maximum Gasteiger partial charge on any atom is 0.407 e. The van der Waals surface area contributed by atoms with Crippen LogP contribution in [0.15, 0.2) is 42.5 Å². The van der Waals surface area contributed by atoms with Crippen LogP contribution in [-0.4, -0.2) is 31.8 Å². The van der Waals surface area contributed by atoms with Crippen molar-refractivity contribution in [2.75, 3.05) is 14.2 Å². The van der Waals surface area contributed by atoms with Crippen molar-refractivity contribution in [2.45, 2.75) is 45.9 Å². The van der Waals surface area contributed by atoms with Crippen LogP contribution in [0.25, 0.3) is 0 Å². The Balaban J connectivity index is 2.09. The molecular weight excluding hydrogens is 384 g/mol. The first-order valence-electron chi connectivity index (χ1n) is 9.72. The minimum Gasteiger partial charge on any atom is -0.493 e. The molecule has 7 nitrogen and oxygen atoms in total. The third kappa shape index (κ3) is 6.40. The van der Waals surface area contributed by atoms with Crippen LogP contribution < -0.4 is 20.1 Å². The predicted molar refractivity (Wildman–Crippen MR) is 115 cm³/mol. The van der Waals surface area contributed by atoms with E-state index in [9.17, 15) is 9.59 Å². The highest BCUT2D eigenvalue weighted by molar-refractivity contribution is 5.96. The zero-order chi connectivity index (χ0) is 22.3. The van der Waals surface area contributed by atoms with Gasteiger partial charge in [0.1, 0.15) is 5.60 Å². The van der Waals surface area contributed by atoms with Crippen molar-refractivity contribution < 1.29 is 23.8 Å². The second-order valence-electron chi connectivity index (χ2n) is 7.82. The second kappa shape index (κ2) is 10.0. The van der Waals surface area contributed by atoms with Crippen LogP contribution in [0.1, 0.15) is 55.2 Å². The van der Waals surface area contributed by atoms with E-state index in [0.717, 1.165) is 5.56 Å². The van der Waals surface area contributed by atoms with Gasteiger partial charge in [-0.1, -0.05) is 24.3 Å². The van der Waals surface area contributed by atoms with Crippen molar-refractivity contribution in [3.05, 3.63) is 59.2 Å².